The van der Waals surface area contributed by atoms with Crippen molar-refractivity contribution in [3.63, 3.8) is 0 Å². The summed E-state index contributed by atoms with van der Waals surface area (Å²) in [6.07, 6.45) is 0. The molecule has 2 N–H and O–H groups in total. The predicted molar refractivity (Wildman–Crippen MR) is 66.4 cm³/mol. The normalized spacial score (nSPS) is 17.0. The molecular formula is C14H12N2O2. The molecule has 2 aromatic carbocycles. The third-order valence-electron chi connectivity index (χ3n) is 2.95. The van der Waals surface area contributed by atoms with Crippen LogP contribution in [-0.2, 0) is 10.6 Å². The lowest BCUT2D eigenvalue weighted by molar-refractivity contribution is -0.0343. The average Bonchev–Trinajstić information content (AvgIpc) is 2.84. The Hall–Kier alpha value is -2.33. The molecule has 1 aliphatic rings. The predicted octanol–water partition coefficient (Wildman–Crippen LogP) is 2.13. The molecule has 0 spiro atoms. The summed E-state index contributed by atoms with van der Waals surface area (Å²) in [4.78, 5) is 17.0. The number of carbonyl (C=O) groups excluding carboxylic acids is 1. The van der Waals surface area contributed by atoms with Crippen molar-refractivity contribution < 1.29 is 9.63 Å². The molecule has 2 aromatic rings. The van der Waals surface area contributed by atoms with Crippen LogP contribution in [0.25, 0.3) is 0 Å². The summed E-state index contributed by atoms with van der Waals surface area (Å²) in [6.45, 7) is 0. The lowest BCUT2D eigenvalue weighted by Crippen LogP contribution is -2.40. The standard InChI is InChI=1S/C14H12N2O2/c17-13-15-14(18-16-13,11-7-3-1-4-8-11)12-9-5-2-6-10-12/h1-10H,(H2,15,16,17). The number of urea groups is 1. The van der Waals surface area contributed by atoms with Crippen LogP contribution in [0.1, 0.15) is 11.1 Å². The highest BCUT2D eigenvalue weighted by molar-refractivity contribution is 5.76. The first kappa shape index (κ1) is 10.8. The second-order valence-electron chi connectivity index (χ2n) is 4.07. The Morgan fingerprint density at radius 1 is 0.833 bits per heavy atom. The van der Waals surface area contributed by atoms with Gasteiger partial charge < -0.3 is 0 Å². The van der Waals surface area contributed by atoms with Crippen LogP contribution in [0.15, 0.2) is 60.7 Å². The molecule has 0 bridgehead atoms. The lowest BCUT2D eigenvalue weighted by atomic mass is 9.94. The molecule has 90 valence electrons. The number of hydroxylamine groups is 1. The summed E-state index contributed by atoms with van der Waals surface area (Å²) in [5, 5.41) is 2.83. The Kier molecular flexibility index (Phi) is 2.50. The molecule has 2 amide bonds. The number of hydrogen-bond donors (Lipinski definition) is 2. The van der Waals surface area contributed by atoms with Crippen molar-refractivity contribution in [1.82, 2.24) is 10.8 Å². The Bertz CT molecular complexity index is 515. The number of rotatable bonds is 2. The average molecular weight is 240 g/mol. The van der Waals surface area contributed by atoms with E-state index in [9.17, 15) is 4.79 Å². The van der Waals surface area contributed by atoms with Gasteiger partial charge in [-0.2, -0.15) is 0 Å². The molecule has 0 atom stereocenters. The van der Waals surface area contributed by atoms with E-state index in [0.717, 1.165) is 11.1 Å². The molecule has 1 fully saturated rings. The summed E-state index contributed by atoms with van der Waals surface area (Å²) in [5.74, 6) is 0. The summed E-state index contributed by atoms with van der Waals surface area (Å²) < 4.78 is 0. The highest BCUT2D eigenvalue weighted by Gasteiger charge is 2.43. The van der Waals surface area contributed by atoms with Crippen molar-refractivity contribution in [2.24, 2.45) is 0 Å². The van der Waals surface area contributed by atoms with E-state index in [0.29, 0.717) is 0 Å². The van der Waals surface area contributed by atoms with Crippen LogP contribution in [0, 0.1) is 0 Å². The van der Waals surface area contributed by atoms with Gasteiger partial charge in [-0.25, -0.2) is 15.1 Å². The third-order valence-corrected chi connectivity index (χ3v) is 2.95. The van der Waals surface area contributed by atoms with Crippen molar-refractivity contribution in [2.75, 3.05) is 0 Å². The minimum atomic E-state index is -0.959. The number of benzene rings is 2. The van der Waals surface area contributed by atoms with Gasteiger partial charge in [0.25, 0.3) is 0 Å². The molecule has 0 radical (unpaired) electrons. The Balaban J connectivity index is 2.14. The first-order chi connectivity index (χ1) is 8.81. The summed E-state index contributed by atoms with van der Waals surface area (Å²) in [5.41, 5.74) is 3.14. The Morgan fingerprint density at radius 3 is 1.72 bits per heavy atom. The smallest absolute Gasteiger partial charge is 0.298 e. The quantitative estimate of drug-likeness (QED) is 0.844. The van der Waals surface area contributed by atoms with E-state index >= 15 is 0 Å². The second-order valence-corrected chi connectivity index (χ2v) is 4.07. The molecule has 0 unspecified atom stereocenters. The van der Waals surface area contributed by atoms with E-state index in [2.05, 4.69) is 10.8 Å². The number of carbonyl (C=O) groups is 1. The van der Waals surface area contributed by atoms with E-state index in [1.54, 1.807) is 0 Å². The Labute approximate surface area is 105 Å². The van der Waals surface area contributed by atoms with Crippen LogP contribution in [0.5, 0.6) is 0 Å². The fourth-order valence-electron chi connectivity index (χ4n) is 2.11. The molecule has 3 rings (SSSR count). The van der Waals surface area contributed by atoms with Crippen LogP contribution >= 0.6 is 0 Å². The van der Waals surface area contributed by atoms with Crippen molar-refractivity contribution in [3.8, 4) is 0 Å². The molecule has 1 saturated heterocycles. The molecule has 0 saturated carbocycles. The SMILES string of the molecule is O=C1NOC(c2ccccc2)(c2ccccc2)N1. The summed E-state index contributed by atoms with van der Waals surface area (Å²) in [6, 6.07) is 18.8. The maximum atomic E-state index is 11.5. The molecule has 18 heavy (non-hydrogen) atoms. The maximum Gasteiger partial charge on any atom is 0.341 e. The monoisotopic (exact) mass is 240 g/mol. The van der Waals surface area contributed by atoms with Gasteiger partial charge in [-0.05, 0) is 0 Å². The van der Waals surface area contributed by atoms with Gasteiger partial charge >= 0.3 is 6.03 Å². The van der Waals surface area contributed by atoms with Gasteiger partial charge in [-0.3, -0.25) is 5.32 Å². The molecule has 0 aromatic heterocycles. The van der Waals surface area contributed by atoms with Gasteiger partial charge in [0.2, 0.25) is 5.72 Å². The second kappa shape index (κ2) is 4.16. The van der Waals surface area contributed by atoms with Crippen molar-refractivity contribution in [2.45, 2.75) is 5.72 Å². The fourth-order valence-corrected chi connectivity index (χ4v) is 2.11. The van der Waals surface area contributed by atoms with Gasteiger partial charge in [0, 0.05) is 11.1 Å². The van der Waals surface area contributed by atoms with Gasteiger partial charge in [0.15, 0.2) is 0 Å². The summed E-state index contributed by atoms with van der Waals surface area (Å²) in [7, 11) is 0. The number of amides is 2. The zero-order chi connectivity index (χ0) is 12.4. The molecule has 0 aliphatic carbocycles. The van der Waals surface area contributed by atoms with E-state index in [-0.39, 0.29) is 6.03 Å². The number of nitrogens with one attached hydrogen (secondary N) is 2. The lowest BCUT2D eigenvalue weighted by Gasteiger charge is -2.27. The van der Waals surface area contributed by atoms with E-state index in [1.807, 2.05) is 60.7 Å². The van der Waals surface area contributed by atoms with Gasteiger partial charge in [0.05, 0.1) is 0 Å². The van der Waals surface area contributed by atoms with Crippen molar-refractivity contribution in [1.29, 1.82) is 0 Å². The van der Waals surface area contributed by atoms with Gasteiger partial charge in [0.1, 0.15) is 0 Å². The van der Waals surface area contributed by atoms with Crippen molar-refractivity contribution in [3.05, 3.63) is 71.8 Å². The van der Waals surface area contributed by atoms with E-state index in [1.165, 1.54) is 0 Å². The van der Waals surface area contributed by atoms with Crippen LogP contribution in [0.4, 0.5) is 4.79 Å². The van der Waals surface area contributed by atoms with Crippen LogP contribution in [-0.4, -0.2) is 6.03 Å². The first-order valence-corrected chi connectivity index (χ1v) is 5.68. The minimum Gasteiger partial charge on any atom is -0.298 e. The summed E-state index contributed by atoms with van der Waals surface area (Å²) >= 11 is 0. The highest BCUT2D eigenvalue weighted by Crippen LogP contribution is 2.32. The third kappa shape index (κ3) is 1.63. The molecule has 1 heterocycles. The fraction of sp³-hybridized carbons (Fsp3) is 0.0714. The molecule has 4 nitrogen and oxygen atoms in total. The zero-order valence-corrected chi connectivity index (χ0v) is 9.59. The topological polar surface area (TPSA) is 50.4 Å². The number of hydrogen-bond acceptors (Lipinski definition) is 2. The molecule has 4 heteroatoms. The maximum absolute atomic E-state index is 11.5. The van der Waals surface area contributed by atoms with Crippen LogP contribution in [0.2, 0.25) is 0 Å². The first-order valence-electron chi connectivity index (χ1n) is 5.68. The zero-order valence-electron chi connectivity index (χ0n) is 9.59. The minimum absolute atomic E-state index is 0.345. The largest absolute Gasteiger partial charge is 0.341 e. The molecule has 1 aliphatic heterocycles. The van der Waals surface area contributed by atoms with Gasteiger partial charge in [-0.1, -0.05) is 60.7 Å². The highest BCUT2D eigenvalue weighted by atomic mass is 16.7. The van der Waals surface area contributed by atoms with E-state index in [4.69, 9.17) is 4.84 Å². The van der Waals surface area contributed by atoms with Crippen LogP contribution in [0.3, 0.4) is 0 Å². The van der Waals surface area contributed by atoms with Gasteiger partial charge in [-0.15, -0.1) is 0 Å². The molecular weight excluding hydrogens is 228 g/mol. The Morgan fingerprint density at radius 2 is 1.33 bits per heavy atom. The van der Waals surface area contributed by atoms with Crippen LogP contribution < -0.4 is 10.8 Å². The van der Waals surface area contributed by atoms with E-state index < -0.39 is 5.72 Å². The van der Waals surface area contributed by atoms with Crippen molar-refractivity contribution >= 4 is 6.03 Å².